The van der Waals surface area contributed by atoms with Crippen molar-refractivity contribution >= 4 is 31.5 Å². The van der Waals surface area contributed by atoms with Gasteiger partial charge in [0.25, 0.3) is 5.69 Å². The maximum atomic E-state index is 11.8. The summed E-state index contributed by atoms with van der Waals surface area (Å²) >= 11 is 3.08. The molecule has 1 rings (SSSR count). The third-order valence-electron chi connectivity index (χ3n) is 1.93. The maximum absolute atomic E-state index is 11.8. The van der Waals surface area contributed by atoms with Crippen molar-refractivity contribution in [2.75, 3.05) is 5.75 Å². The standard InChI is InChI=1S/C9H10BrNO4S/c1-2-5-16(14,15)9-6-7(11(12)13)3-4-8(9)10/h3-4,6H,2,5H2,1H3. The normalized spacial score (nSPS) is 11.4. The van der Waals surface area contributed by atoms with E-state index in [2.05, 4.69) is 15.9 Å². The fourth-order valence-electron chi connectivity index (χ4n) is 1.22. The molecule has 1 aromatic rings. The van der Waals surface area contributed by atoms with Gasteiger partial charge in [0.15, 0.2) is 9.84 Å². The summed E-state index contributed by atoms with van der Waals surface area (Å²) in [6.45, 7) is 1.74. The summed E-state index contributed by atoms with van der Waals surface area (Å²) in [6, 6.07) is 3.71. The lowest BCUT2D eigenvalue weighted by Gasteiger charge is -2.04. The summed E-state index contributed by atoms with van der Waals surface area (Å²) in [5.74, 6) is -0.0211. The van der Waals surface area contributed by atoms with E-state index in [0.29, 0.717) is 10.9 Å². The number of hydrogen-bond acceptors (Lipinski definition) is 4. The summed E-state index contributed by atoms with van der Waals surface area (Å²) in [6.07, 6.45) is 0.470. The van der Waals surface area contributed by atoms with Crippen LogP contribution in [0.25, 0.3) is 0 Å². The molecule has 0 heterocycles. The number of halogens is 1. The van der Waals surface area contributed by atoms with Crippen LogP contribution in [0.2, 0.25) is 0 Å². The van der Waals surface area contributed by atoms with Crippen LogP contribution < -0.4 is 0 Å². The summed E-state index contributed by atoms with van der Waals surface area (Å²) in [5.41, 5.74) is -0.224. The molecule has 7 heteroatoms. The lowest BCUT2D eigenvalue weighted by Crippen LogP contribution is -2.07. The van der Waals surface area contributed by atoms with E-state index >= 15 is 0 Å². The highest BCUT2D eigenvalue weighted by molar-refractivity contribution is 9.10. The zero-order chi connectivity index (χ0) is 12.3. The van der Waals surface area contributed by atoms with Gasteiger partial charge in [0.1, 0.15) is 0 Å². The molecule has 0 aromatic heterocycles. The number of benzene rings is 1. The van der Waals surface area contributed by atoms with Crippen LogP contribution in [0.5, 0.6) is 0 Å². The first kappa shape index (κ1) is 13.1. The molecule has 0 spiro atoms. The second-order valence-electron chi connectivity index (χ2n) is 3.19. The van der Waals surface area contributed by atoms with Gasteiger partial charge in [-0.05, 0) is 28.4 Å². The van der Waals surface area contributed by atoms with E-state index < -0.39 is 14.8 Å². The molecule has 0 amide bonds. The fraction of sp³-hybridized carbons (Fsp3) is 0.333. The molecular weight excluding hydrogens is 298 g/mol. The molecule has 0 atom stereocenters. The number of nitro benzene ring substituents is 1. The van der Waals surface area contributed by atoms with Crippen molar-refractivity contribution in [3.8, 4) is 0 Å². The molecule has 0 saturated carbocycles. The van der Waals surface area contributed by atoms with Crippen molar-refractivity contribution in [1.29, 1.82) is 0 Å². The Labute approximate surface area is 102 Å². The minimum absolute atomic E-state index is 0.0211. The van der Waals surface area contributed by atoms with Gasteiger partial charge in [-0.1, -0.05) is 6.92 Å². The Balaban J connectivity index is 3.33. The van der Waals surface area contributed by atoms with Gasteiger partial charge >= 0.3 is 0 Å². The monoisotopic (exact) mass is 307 g/mol. The van der Waals surface area contributed by atoms with Gasteiger partial charge in [-0.25, -0.2) is 8.42 Å². The zero-order valence-corrected chi connectivity index (χ0v) is 10.9. The molecule has 0 unspecified atom stereocenters. The number of sulfone groups is 1. The van der Waals surface area contributed by atoms with Gasteiger partial charge in [-0.3, -0.25) is 10.1 Å². The summed E-state index contributed by atoms with van der Waals surface area (Å²) < 4.78 is 23.9. The van der Waals surface area contributed by atoms with E-state index in [-0.39, 0.29) is 16.3 Å². The maximum Gasteiger partial charge on any atom is 0.270 e. The van der Waals surface area contributed by atoms with Gasteiger partial charge in [0.2, 0.25) is 0 Å². The highest BCUT2D eigenvalue weighted by Crippen LogP contribution is 2.27. The van der Waals surface area contributed by atoms with Crippen molar-refractivity contribution in [3.63, 3.8) is 0 Å². The number of rotatable bonds is 4. The van der Waals surface area contributed by atoms with E-state index in [1.165, 1.54) is 12.1 Å². The SMILES string of the molecule is CCCS(=O)(=O)c1cc([N+](=O)[O-])ccc1Br. The minimum atomic E-state index is -3.45. The smallest absolute Gasteiger partial charge is 0.258 e. The molecule has 0 aliphatic heterocycles. The average Bonchev–Trinajstić information content (AvgIpc) is 2.17. The van der Waals surface area contributed by atoms with Crippen molar-refractivity contribution in [1.82, 2.24) is 0 Å². The van der Waals surface area contributed by atoms with Crippen LogP contribution in [0.15, 0.2) is 27.6 Å². The van der Waals surface area contributed by atoms with Crippen LogP contribution in [-0.4, -0.2) is 19.1 Å². The topological polar surface area (TPSA) is 77.3 Å². The molecule has 0 aliphatic carbocycles. The van der Waals surface area contributed by atoms with Crippen LogP contribution in [0.3, 0.4) is 0 Å². The van der Waals surface area contributed by atoms with Crippen LogP contribution in [0.4, 0.5) is 5.69 Å². The molecule has 5 nitrogen and oxygen atoms in total. The third kappa shape index (κ3) is 2.79. The van der Waals surface area contributed by atoms with Crippen LogP contribution in [-0.2, 0) is 9.84 Å². The predicted octanol–water partition coefficient (Wildman–Crippen LogP) is 2.54. The van der Waals surface area contributed by atoms with Crippen LogP contribution in [0, 0.1) is 10.1 Å². The van der Waals surface area contributed by atoms with E-state index in [9.17, 15) is 18.5 Å². The summed E-state index contributed by atoms with van der Waals surface area (Å²) in [4.78, 5) is 9.91. The Morgan fingerprint density at radius 1 is 1.44 bits per heavy atom. The van der Waals surface area contributed by atoms with Gasteiger partial charge < -0.3 is 0 Å². The van der Waals surface area contributed by atoms with Crippen LogP contribution in [0.1, 0.15) is 13.3 Å². The zero-order valence-electron chi connectivity index (χ0n) is 8.51. The second kappa shape index (κ2) is 4.92. The number of hydrogen-bond donors (Lipinski definition) is 0. The Bertz CT molecular complexity index is 512. The Kier molecular flexibility index (Phi) is 4.03. The van der Waals surface area contributed by atoms with Crippen LogP contribution >= 0.6 is 15.9 Å². The molecule has 0 saturated heterocycles. The van der Waals surface area contributed by atoms with E-state index in [0.717, 1.165) is 6.07 Å². The second-order valence-corrected chi connectivity index (χ2v) is 6.12. The molecule has 0 fully saturated rings. The third-order valence-corrected chi connectivity index (χ3v) is 4.84. The van der Waals surface area contributed by atoms with E-state index in [1.54, 1.807) is 6.92 Å². The predicted molar refractivity (Wildman–Crippen MR) is 63.1 cm³/mol. The minimum Gasteiger partial charge on any atom is -0.258 e. The van der Waals surface area contributed by atoms with E-state index in [4.69, 9.17) is 0 Å². The molecule has 88 valence electrons. The average molecular weight is 308 g/mol. The first-order valence-corrected chi connectivity index (χ1v) is 6.99. The van der Waals surface area contributed by atoms with Gasteiger partial charge in [0, 0.05) is 16.6 Å². The van der Waals surface area contributed by atoms with Gasteiger partial charge in [0.05, 0.1) is 15.6 Å². The van der Waals surface area contributed by atoms with Crippen molar-refractivity contribution < 1.29 is 13.3 Å². The Morgan fingerprint density at radius 3 is 2.56 bits per heavy atom. The summed E-state index contributed by atoms with van der Waals surface area (Å²) in [7, 11) is -3.45. The largest absolute Gasteiger partial charge is 0.270 e. The Morgan fingerprint density at radius 2 is 2.06 bits per heavy atom. The molecule has 16 heavy (non-hydrogen) atoms. The molecule has 0 N–H and O–H groups in total. The van der Waals surface area contributed by atoms with Crippen molar-refractivity contribution in [3.05, 3.63) is 32.8 Å². The highest BCUT2D eigenvalue weighted by atomic mass is 79.9. The Hall–Kier alpha value is -0.950. The first-order valence-electron chi connectivity index (χ1n) is 4.55. The quantitative estimate of drug-likeness (QED) is 0.632. The number of nitro groups is 1. The molecular formula is C9H10BrNO4S. The molecule has 1 aromatic carbocycles. The molecule has 0 aliphatic rings. The number of nitrogens with zero attached hydrogens (tertiary/aromatic N) is 1. The highest BCUT2D eigenvalue weighted by Gasteiger charge is 2.20. The lowest BCUT2D eigenvalue weighted by molar-refractivity contribution is -0.385. The van der Waals surface area contributed by atoms with Gasteiger partial charge in [-0.15, -0.1) is 0 Å². The van der Waals surface area contributed by atoms with Gasteiger partial charge in [-0.2, -0.15) is 0 Å². The lowest BCUT2D eigenvalue weighted by atomic mass is 10.3. The summed E-state index contributed by atoms with van der Waals surface area (Å²) in [5, 5.41) is 10.5. The first-order chi connectivity index (χ1) is 7.38. The number of non-ortho nitro benzene ring substituents is 1. The van der Waals surface area contributed by atoms with Crippen molar-refractivity contribution in [2.45, 2.75) is 18.2 Å². The van der Waals surface area contributed by atoms with E-state index in [1.807, 2.05) is 0 Å². The molecule has 0 bridgehead atoms. The molecule has 0 radical (unpaired) electrons. The fourth-order valence-corrected chi connectivity index (χ4v) is 3.63. The van der Waals surface area contributed by atoms with Crippen molar-refractivity contribution in [2.24, 2.45) is 0 Å².